The van der Waals surface area contributed by atoms with Crippen LogP contribution in [0.2, 0.25) is 0 Å². The van der Waals surface area contributed by atoms with Gasteiger partial charge < -0.3 is 0 Å². The SMILES string of the molecule is C=C1CCc2cc(C3=C(F)N=C(C)C3)cnc2C1. The van der Waals surface area contributed by atoms with E-state index in [2.05, 4.69) is 22.6 Å². The lowest BCUT2D eigenvalue weighted by Crippen LogP contribution is -2.08. The van der Waals surface area contributed by atoms with Gasteiger partial charge in [-0.25, -0.2) is 4.99 Å². The molecule has 0 spiro atoms. The van der Waals surface area contributed by atoms with E-state index in [9.17, 15) is 4.39 Å². The molecule has 0 bridgehead atoms. The smallest absolute Gasteiger partial charge is 0.217 e. The van der Waals surface area contributed by atoms with Gasteiger partial charge in [-0.3, -0.25) is 4.98 Å². The van der Waals surface area contributed by atoms with Crippen LogP contribution in [0.3, 0.4) is 0 Å². The third-order valence-corrected chi connectivity index (χ3v) is 3.54. The van der Waals surface area contributed by atoms with Crippen molar-refractivity contribution < 1.29 is 4.39 Å². The van der Waals surface area contributed by atoms with Gasteiger partial charge in [0.15, 0.2) is 0 Å². The number of aliphatic imine (C=N–C) groups is 1. The molecular formula is C15H15FN2. The highest BCUT2D eigenvalue weighted by Gasteiger charge is 2.20. The lowest BCUT2D eigenvalue weighted by molar-refractivity contribution is 0.635. The molecule has 1 aromatic rings. The Morgan fingerprint density at radius 2 is 2.11 bits per heavy atom. The molecule has 2 heterocycles. The average molecular weight is 242 g/mol. The zero-order chi connectivity index (χ0) is 12.7. The summed E-state index contributed by atoms with van der Waals surface area (Å²) < 4.78 is 13.7. The van der Waals surface area contributed by atoms with E-state index >= 15 is 0 Å². The molecule has 3 rings (SSSR count). The highest BCUT2D eigenvalue weighted by Crippen LogP contribution is 2.32. The van der Waals surface area contributed by atoms with Crippen molar-refractivity contribution in [2.45, 2.75) is 32.6 Å². The zero-order valence-electron chi connectivity index (χ0n) is 10.5. The molecule has 3 heteroatoms. The minimum absolute atomic E-state index is 0.352. The number of aryl methyl sites for hydroxylation is 1. The Balaban J connectivity index is 1.97. The number of allylic oxidation sites excluding steroid dienone is 2. The van der Waals surface area contributed by atoms with E-state index in [-0.39, 0.29) is 5.95 Å². The molecule has 0 aromatic carbocycles. The normalized spacial score (nSPS) is 19.0. The number of pyridine rings is 1. The summed E-state index contributed by atoms with van der Waals surface area (Å²) in [4.78, 5) is 8.32. The standard InChI is InChI=1S/C15H15FN2/c1-9-3-4-11-7-12(8-17-14(11)5-9)13-6-10(2)18-15(13)16/h7-8H,1,3-6H2,2H3. The van der Waals surface area contributed by atoms with Crippen molar-refractivity contribution in [2.75, 3.05) is 0 Å². The van der Waals surface area contributed by atoms with Crippen molar-refractivity contribution in [3.05, 3.63) is 47.2 Å². The monoisotopic (exact) mass is 242 g/mol. The van der Waals surface area contributed by atoms with Crippen molar-refractivity contribution in [1.82, 2.24) is 4.98 Å². The summed E-state index contributed by atoms with van der Waals surface area (Å²) in [6.07, 6.45) is 5.19. The molecule has 0 atom stereocenters. The summed E-state index contributed by atoms with van der Waals surface area (Å²) >= 11 is 0. The molecule has 0 unspecified atom stereocenters. The van der Waals surface area contributed by atoms with E-state index in [1.807, 2.05) is 6.92 Å². The van der Waals surface area contributed by atoms with E-state index in [4.69, 9.17) is 0 Å². The number of aromatic nitrogens is 1. The molecule has 0 amide bonds. The predicted octanol–water partition coefficient (Wildman–Crippen LogP) is 3.63. The third-order valence-electron chi connectivity index (χ3n) is 3.54. The number of rotatable bonds is 1. The molecule has 0 radical (unpaired) electrons. The summed E-state index contributed by atoms with van der Waals surface area (Å²) in [6, 6.07) is 2.07. The van der Waals surface area contributed by atoms with Crippen LogP contribution in [0.5, 0.6) is 0 Å². The van der Waals surface area contributed by atoms with Gasteiger partial charge in [0.2, 0.25) is 5.95 Å². The molecule has 2 nitrogen and oxygen atoms in total. The second-order valence-corrected chi connectivity index (χ2v) is 5.05. The second kappa shape index (κ2) is 4.16. The number of hydrogen-bond acceptors (Lipinski definition) is 2. The molecule has 0 fully saturated rings. The van der Waals surface area contributed by atoms with Crippen LogP contribution in [-0.2, 0) is 12.8 Å². The Kier molecular flexibility index (Phi) is 2.62. The molecule has 0 saturated heterocycles. The Bertz CT molecular complexity index is 597. The van der Waals surface area contributed by atoms with Gasteiger partial charge >= 0.3 is 0 Å². The van der Waals surface area contributed by atoms with Gasteiger partial charge in [0.25, 0.3) is 0 Å². The fraction of sp³-hybridized carbons (Fsp3) is 0.333. The number of fused-ring (bicyclic) bond motifs is 1. The quantitative estimate of drug-likeness (QED) is 0.545. The fourth-order valence-corrected chi connectivity index (χ4v) is 2.54. The predicted molar refractivity (Wildman–Crippen MR) is 71.2 cm³/mol. The van der Waals surface area contributed by atoms with Crippen LogP contribution < -0.4 is 0 Å². The largest absolute Gasteiger partial charge is 0.260 e. The van der Waals surface area contributed by atoms with Gasteiger partial charge in [-0.15, -0.1) is 0 Å². The Hall–Kier alpha value is -1.77. The molecule has 92 valence electrons. The van der Waals surface area contributed by atoms with Gasteiger partial charge in [-0.05, 0) is 31.4 Å². The zero-order valence-corrected chi connectivity index (χ0v) is 10.5. The van der Waals surface area contributed by atoms with Crippen LogP contribution in [0.25, 0.3) is 5.57 Å². The van der Waals surface area contributed by atoms with E-state index in [0.29, 0.717) is 12.0 Å². The first-order valence-electron chi connectivity index (χ1n) is 6.21. The molecule has 0 saturated carbocycles. The number of hydrogen-bond donors (Lipinski definition) is 0. The van der Waals surface area contributed by atoms with E-state index in [1.54, 1.807) is 6.20 Å². The maximum Gasteiger partial charge on any atom is 0.217 e. The van der Waals surface area contributed by atoms with Crippen molar-refractivity contribution in [1.29, 1.82) is 0 Å². The molecule has 2 aliphatic rings. The summed E-state index contributed by atoms with van der Waals surface area (Å²) in [7, 11) is 0. The number of halogens is 1. The van der Waals surface area contributed by atoms with E-state index < -0.39 is 0 Å². The highest BCUT2D eigenvalue weighted by atomic mass is 19.1. The average Bonchev–Trinajstić information content (AvgIpc) is 2.68. The maximum atomic E-state index is 13.7. The third kappa shape index (κ3) is 1.90. The first-order valence-corrected chi connectivity index (χ1v) is 6.21. The molecule has 1 aliphatic carbocycles. The van der Waals surface area contributed by atoms with Gasteiger partial charge in [0, 0.05) is 41.6 Å². The molecule has 1 aliphatic heterocycles. The van der Waals surface area contributed by atoms with E-state index in [0.717, 1.165) is 36.2 Å². The summed E-state index contributed by atoms with van der Waals surface area (Å²) in [5.74, 6) is -0.352. The van der Waals surface area contributed by atoms with Gasteiger partial charge in [0.1, 0.15) is 0 Å². The first-order chi connectivity index (χ1) is 8.63. The molecule has 18 heavy (non-hydrogen) atoms. The van der Waals surface area contributed by atoms with Crippen LogP contribution >= 0.6 is 0 Å². The molecular weight excluding hydrogens is 227 g/mol. The minimum atomic E-state index is -0.352. The number of nitrogens with zero attached hydrogens (tertiary/aromatic N) is 2. The van der Waals surface area contributed by atoms with Crippen LogP contribution in [0.15, 0.2) is 35.4 Å². The minimum Gasteiger partial charge on any atom is -0.260 e. The van der Waals surface area contributed by atoms with Gasteiger partial charge in [-0.1, -0.05) is 12.2 Å². The topological polar surface area (TPSA) is 25.2 Å². The fourth-order valence-electron chi connectivity index (χ4n) is 2.54. The van der Waals surface area contributed by atoms with Crippen LogP contribution in [-0.4, -0.2) is 10.7 Å². The summed E-state index contributed by atoms with van der Waals surface area (Å²) in [5.41, 5.74) is 5.92. The van der Waals surface area contributed by atoms with Crippen molar-refractivity contribution >= 4 is 11.3 Å². The van der Waals surface area contributed by atoms with Crippen LogP contribution in [0.4, 0.5) is 4.39 Å². The Morgan fingerprint density at radius 1 is 1.28 bits per heavy atom. The highest BCUT2D eigenvalue weighted by molar-refractivity contribution is 5.97. The molecule has 1 aromatic heterocycles. The van der Waals surface area contributed by atoms with Crippen LogP contribution in [0, 0.1) is 0 Å². The second-order valence-electron chi connectivity index (χ2n) is 5.05. The maximum absolute atomic E-state index is 13.7. The Morgan fingerprint density at radius 3 is 2.83 bits per heavy atom. The van der Waals surface area contributed by atoms with Crippen molar-refractivity contribution in [3.8, 4) is 0 Å². The van der Waals surface area contributed by atoms with Crippen LogP contribution in [0.1, 0.15) is 36.6 Å². The summed E-state index contributed by atoms with van der Waals surface area (Å²) in [6.45, 7) is 5.86. The Labute approximate surface area is 106 Å². The summed E-state index contributed by atoms with van der Waals surface area (Å²) in [5, 5.41) is 0. The van der Waals surface area contributed by atoms with Gasteiger partial charge in [-0.2, -0.15) is 4.39 Å². The molecule has 0 N–H and O–H groups in total. The van der Waals surface area contributed by atoms with Crippen molar-refractivity contribution in [3.63, 3.8) is 0 Å². The van der Waals surface area contributed by atoms with E-state index in [1.165, 1.54) is 11.1 Å². The van der Waals surface area contributed by atoms with Gasteiger partial charge in [0.05, 0.1) is 0 Å². The lowest BCUT2D eigenvalue weighted by atomic mass is 9.90. The van der Waals surface area contributed by atoms with Crippen molar-refractivity contribution in [2.24, 2.45) is 4.99 Å². The first kappa shape index (κ1) is 11.3. The lowest BCUT2D eigenvalue weighted by Gasteiger charge is -2.17.